The number of benzene rings is 6. The summed E-state index contributed by atoms with van der Waals surface area (Å²) >= 11 is 38.6. The summed E-state index contributed by atoms with van der Waals surface area (Å²) in [5, 5.41) is 80.9. The van der Waals surface area contributed by atoms with Crippen LogP contribution in [0, 0.1) is 34.7 Å². The van der Waals surface area contributed by atoms with E-state index in [0.717, 1.165) is 29.3 Å². The number of aliphatic imine (C=N–C) groups is 2. The standard InChI is InChI=1S/C29H29Cl2N7O4.C29H25Cl2NO6S.C26H29Cl2N5O5/c1-17-5-8-38(13-17)29(34-16-32)33-12-23(28(41)42)35-26(39)24-22(30)11-18-14-37(9-6-21(18)25(24)31)27(40)19-10-20-4-2-3-7-36(20)15-19;1-39(2,37)21-5-3-4-17(12-21)15-24(29(35)36)32-28(34)27-22(30)13-18(14-23(27)31)6-9-25(33)20-8-7-19-10-11-38-26(19)16-20;1-15-7-8-33(13-15)26(31-14-29)30-12-21(25(37)38)32-24(36)23-19(27)9-16(10-20(23)28)5-6-22(35)17-3-2-4-18(34)11-17/h2-4,7,10-11,15,17,23H,5-6,8-9,12-14H2,1H3,(H,33,34)(H,35,39)(H,41,42);3-5,7-8,10-14,16,24H,1,6,9,15H2,2H3,(H,32,34)(H,35,36);2-4,9-11,15,21-22,34-35H,5-8,12-13H2,1H3,(H,30,31)(H,32,36)(H,37,38)/t17-,23-;24-,39?;15-,21-,22?/m000/s1. The number of furan rings is 1. The Bertz CT molecular complexity index is 5570. The van der Waals surface area contributed by atoms with Crippen molar-refractivity contribution in [3.05, 3.63) is 237 Å². The lowest BCUT2D eigenvalue weighted by Crippen LogP contribution is -2.45. The summed E-state index contributed by atoms with van der Waals surface area (Å²) in [4.78, 5) is 115. The molecule has 119 heavy (non-hydrogen) atoms. The topological polar surface area (TPSA) is 414 Å². The molecule has 35 heteroatoms. The van der Waals surface area contributed by atoms with E-state index in [1.807, 2.05) is 69.2 Å². The molecule has 4 amide bonds. The Morgan fingerprint density at radius 2 is 1.18 bits per heavy atom. The number of likely N-dealkylation sites (tertiary alicyclic amines) is 2. The Morgan fingerprint density at radius 3 is 1.71 bits per heavy atom. The third kappa shape index (κ3) is 23.8. The minimum absolute atomic E-state index is 0.0300. The van der Waals surface area contributed by atoms with Gasteiger partial charge in [0.1, 0.15) is 29.5 Å². The third-order valence-electron chi connectivity index (χ3n) is 20.0. The molecule has 28 nitrogen and oxygen atoms in total. The van der Waals surface area contributed by atoms with Gasteiger partial charge < -0.3 is 65.0 Å². The molecule has 2 saturated heterocycles. The molecule has 0 aliphatic carbocycles. The number of phenols is 1. The molecule has 6 aromatic carbocycles. The molecular formula is C84H83Cl6N13O15S. The van der Waals surface area contributed by atoms with Crippen LogP contribution in [0.4, 0.5) is 0 Å². The zero-order chi connectivity index (χ0) is 86.1. The molecule has 2 fully saturated rings. The summed E-state index contributed by atoms with van der Waals surface area (Å²) in [7, 11) is -2.49. The van der Waals surface area contributed by atoms with Gasteiger partial charge in [0.15, 0.2) is 18.2 Å². The summed E-state index contributed by atoms with van der Waals surface area (Å²) < 4.78 is 19.5. The zero-order valence-corrected chi connectivity index (χ0v) is 69.8. The van der Waals surface area contributed by atoms with Crippen molar-refractivity contribution in [3.8, 4) is 18.1 Å². The maximum Gasteiger partial charge on any atom is 0.328 e. The highest BCUT2D eigenvalue weighted by atomic mass is 35.5. The van der Waals surface area contributed by atoms with Crippen LogP contribution in [0.2, 0.25) is 30.1 Å². The number of carbonyl (C=O) groups excluding carboxylic acids is 5. The van der Waals surface area contributed by atoms with E-state index in [4.69, 9.17) is 84.5 Å². The summed E-state index contributed by atoms with van der Waals surface area (Å²) in [5.74, 6) is -1.31. The maximum absolute atomic E-state index is 13.3. The monoisotopic (exact) mass is 1760 g/mol. The quantitative estimate of drug-likeness (QED) is 0.00634. The number of amides is 4. The molecule has 10 N–H and O–H groups in total. The summed E-state index contributed by atoms with van der Waals surface area (Å²) in [6.07, 6.45) is 12.9. The maximum atomic E-state index is 13.3. The fourth-order valence-electron chi connectivity index (χ4n) is 13.7. The number of aliphatic carboxylic acids is 3. The number of aliphatic hydroxyl groups is 1. The molecule has 0 spiro atoms. The van der Waals surface area contributed by atoms with E-state index in [0.29, 0.717) is 120 Å². The average Bonchev–Trinajstić information content (AvgIpc) is 1.39. The predicted octanol–water partition coefficient (Wildman–Crippen LogP) is 12.4. The van der Waals surface area contributed by atoms with Crippen LogP contribution in [0.25, 0.3) is 16.5 Å². The third-order valence-corrected chi connectivity index (χ3v) is 23.1. The van der Waals surface area contributed by atoms with E-state index in [9.17, 15) is 68.1 Å². The van der Waals surface area contributed by atoms with Crippen molar-refractivity contribution in [1.82, 2.24) is 45.7 Å². The first kappa shape index (κ1) is 90.0. The second kappa shape index (κ2) is 40.9. The molecular weight excluding hydrogens is 1680 g/mol. The van der Waals surface area contributed by atoms with Crippen LogP contribution in [0.15, 0.2) is 165 Å². The smallest absolute Gasteiger partial charge is 0.328 e. The van der Waals surface area contributed by atoms with Crippen molar-refractivity contribution in [1.29, 1.82) is 10.5 Å². The average molecular weight is 1760 g/mol. The van der Waals surface area contributed by atoms with E-state index < -0.39 is 69.4 Å². The number of aliphatic hydroxyl groups excluding tert-OH is 1. The van der Waals surface area contributed by atoms with Crippen LogP contribution in [0.3, 0.4) is 0 Å². The number of fused-ring (bicyclic) bond motifs is 3. The first-order valence-corrected chi connectivity index (χ1v) is 41.8. The van der Waals surface area contributed by atoms with Crippen LogP contribution in [0.1, 0.15) is 131 Å². The molecule has 0 radical (unpaired) electrons. The Balaban J connectivity index is 0.000000188. The van der Waals surface area contributed by atoms with E-state index in [2.05, 4.69) is 56.3 Å². The normalized spacial score (nSPS) is 16.0. The van der Waals surface area contributed by atoms with E-state index >= 15 is 0 Å². The van der Waals surface area contributed by atoms with Crippen LogP contribution >= 0.6 is 69.6 Å². The second-order valence-electron chi connectivity index (χ2n) is 29.0. The fourth-order valence-corrected chi connectivity index (χ4v) is 16.6. The number of rotatable bonds is 25. The lowest BCUT2D eigenvalue weighted by atomic mass is 9.96. The highest BCUT2D eigenvalue weighted by Crippen LogP contribution is 2.37. The number of carboxylic acids is 3. The number of pyridine rings is 1. The summed E-state index contributed by atoms with van der Waals surface area (Å²) in [5.41, 5.74) is 6.30. The molecule has 0 bridgehead atoms. The molecule has 0 saturated carbocycles. The SMILES string of the molecule is C=S(C)(=O)c1cccc(C[C@H](NC(=O)c2c(Cl)cc(CCC(=O)c3ccc4ccoc4c3)cc2Cl)C(=O)O)c1.C[C@H]1CCN(C(=NC[C@H](NC(=O)c2c(Cl)cc(CCC(O)c3cccc(O)c3)cc2Cl)C(=O)O)NC#N)C1.C[C@H]1CCN(C(=NC[C@H](NC(=O)c2c(Cl)cc3c(c2Cl)CCN(C(=O)c2cc4ccccn4c2)C3)C(=O)O)NC#N)C1. The lowest BCUT2D eigenvalue weighted by molar-refractivity contribution is -0.140. The van der Waals surface area contributed by atoms with Gasteiger partial charge in [0.05, 0.1) is 77.8 Å². The van der Waals surface area contributed by atoms with Crippen molar-refractivity contribution in [2.75, 3.05) is 52.1 Å². The van der Waals surface area contributed by atoms with Gasteiger partial charge in [0.25, 0.3) is 23.6 Å². The summed E-state index contributed by atoms with van der Waals surface area (Å²) in [6, 6.07) is 31.2. The number of nitrogens with zero attached hydrogens (tertiary/aromatic N) is 8. The van der Waals surface area contributed by atoms with Crippen LogP contribution in [0.5, 0.6) is 5.75 Å². The van der Waals surface area contributed by atoms with Crippen LogP contribution < -0.4 is 26.6 Å². The number of nitriles is 2. The van der Waals surface area contributed by atoms with E-state index in [-0.39, 0.29) is 109 Å². The number of halogens is 6. The number of hydrogen-bond acceptors (Lipinski definition) is 16. The molecule has 7 atom stereocenters. The van der Waals surface area contributed by atoms with Crippen molar-refractivity contribution >= 4 is 161 Å². The summed E-state index contributed by atoms with van der Waals surface area (Å²) in [6.45, 7) is 6.92. The van der Waals surface area contributed by atoms with Gasteiger partial charge in [-0.25, -0.2) is 24.4 Å². The van der Waals surface area contributed by atoms with E-state index in [1.54, 1.807) is 72.0 Å². The van der Waals surface area contributed by atoms with Crippen molar-refractivity contribution < 1.29 is 72.5 Å². The number of guanidine groups is 2. The molecule has 3 aliphatic heterocycles. The number of nitrogens with one attached hydrogen (secondary N) is 5. The minimum atomic E-state index is -2.49. The van der Waals surface area contributed by atoms with Gasteiger partial charge in [-0.05, 0) is 184 Å². The van der Waals surface area contributed by atoms with Gasteiger partial charge in [-0.1, -0.05) is 126 Å². The largest absolute Gasteiger partial charge is 0.508 e. The lowest BCUT2D eigenvalue weighted by Gasteiger charge is -2.30. The number of ketones is 1. The van der Waals surface area contributed by atoms with Gasteiger partial charge in [0.2, 0.25) is 11.9 Å². The number of carboxylic acid groups (broad SMARTS) is 3. The van der Waals surface area contributed by atoms with Gasteiger partial charge in [-0.3, -0.25) is 38.8 Å². The van der Waals surface area contributed by atoms with E-state index in [1.165, 1.54) is 42.7 Å². The Labute approximate surface area is 714 Å². The predicted molar refractivity (Wildman–Crippen MR) is 455 cm³/mol. The van der Waals surface area contributed by atoms with Gasteiger partial charge in [-0.2, -0.15) is 10.5 Å². The first-order valence-electron chi connectivity index (χ1n) is 37.4. The molecule has 12 rings (SSSR count). The molecule has 622 valence electrons. The van der Waals surface area contributed by atoms with Crippen LogP contribution in [-0.2, 0) is 56.1 Å². The fraction of sp³-hybridized carbons (Fsp3) is 0.298. The number of carbonyl (C=O) groups is 8. The molecule has 2 unspecified atom stereocenters. The second-order valence-corrected chi connectivity index (χ2v) is 33.9. The highest BCUT2D eigenvalue weighted by Gasteiger charge is 2.33. The van der Waals surface area contributed by atoms with Crippen LogP contribution in [-0.4, -0.2) is 184 Å². The number of Topliss-reactive ketones (excluding diaryl/α,β-unsaturated/α-hetero) is 1. The number of aromatic nitrogens is 1. The molecule has 9 aromatic rings. The van der Waals surface area contributed by atoms with Crippen molar-refractivity contribution in [2.24, 2.45) is 21.8 Å². The molecule has 3 aromatic heterocycles. The number of aromatic hydroxyl groups is 1. The molecule has 3 aliphatic rings. The van der Waals surface area contributed by atoms with Crippen molar-refractivity contribution in [3.63, 3.8) is 0 Å². The van der Waals surface area contributed by atoms with Gasteiger partial charge in [0, 0.05) is 92.1 Å². The minimum Gasteiger partial charge on any atom is -0.508 e. The van der Waals surface area contributed by atoms with Gasteiger partial charge >= 0.3 is 17.9 Å². The number of phenolic OH excluding ortho intramolecular Hbond substituents is 1. The van der Waals surface area contributed by atoms with Gasteiger partial charge in [-0.15, -0.1) is 0 Å². The Kier molecular flexibility index (Phi) is 30.9. The zero-order valence-electron chi connectivity index (χ0n) is 64.4. The first-order chi connectivity index (χ1) is 56.7. The number of hydrogen-bond donors (Lipinski definition) is 10. The highest BCUT2D eigenvalue weighted by molar-refractivity contribution is 7.99. The number of aryl methyl sites for hydroxylation is 2. The molecule has 6 heterocycles. The Morgan fingerprint density at radius 1 is 0.622 bits per heavy atom. The van der Waals surface area contributed by atoms with Crippen molar-refractivity contribution in [2.45, 2.75) is 101 Å². The Hall–Kier alpha value is -11.4.